The number of fused-ring (bicyclic) bond motifs is 1. The average Bonchev–Trinajstić information content (AvgIpc) is 2.89. The summed E-state index contributed by atoms with van der Waals surface area (Å²) in [5.74, 6) is 0.0206. The molecule has 0 N–H and O–H groups in total. The van der Waals surface area contributed by atoms with Crippen LogP contribution in [0.1, 0.15) is 32.8 Å². The molecule has 7 heteroatoms. The van der Waals surface area contributed by atoms with Gasteiger partial charge in [0.2, 0.25) is 15.9 Å². The Morgan fingerprint density at radius 1 is 1.27 bits per heavy atom. The van der Waals surface area contributed by atoms with Crippen molar-refractivity contribution in [3.05, 3.63) is 22.2 Å². The Kier molecular flexibility index (Phi) is 5.29. The van der Waals surface area contributed by atoms with E-state index in [4.69, 9.17) is 0 Å². The Labute approximate surface area is 140 Å². The highest BCUT2D eigenvalue weighted by atomic mass is 79.9. The highest BCUT2D eigenvalue weighted by Crippen LogP contribution is 2.36. The van der Waals surface area contributed by atoms with Gasteiger partial charge in [0.25, 0.3) is 0 Å². The summed E-state index contributed by atoms with van der Waals surface area (Å²) in [6.45, 7) is 6.89. The molecular formula is C15H21BrN2O3S. The molecule has 0 aliphatic carbocycles. The Bertz CT molecular complexity index is 684. The zero-order valence-corrected chi connectivity index (χ0v) is 15.5. The third-order valence-electron chi connectivity index (χ3n) is 3.96. The molecule has 0 saturated heterocycles. The van der Waals surface area contributed by atoms with Crippen LogP contribution >= 0.6 is 15.9 Å². The molecule has 0 bridgehead atoms. The lowest BCUT2D eigenvalue weighted by atomic mass is 10.2. The molecule has 0 atom stereocenters. The quantitative estimate of drug-likeness (QED) is 0.778. The molecule has 2 rings (SSSR count). The maximum atomic E-state index is 12.8. The molecule has 1 aromatic carbocycles. The first-order valence-electron chi connectivity index (χ1n) is 7.49. The summed E-state index contributed by atoms with van der Waals surface area (Å²) in [5, 5.41) is 0. The second-order valence-electron chi connectivity index (χ2n) is 5.15. The molecule has 22 heavy (non-hydrogen) atoms. The number of amides is 1. The van der Waals surface area contributed by atoms with Gasteiger partial charge in [0.15, 0.2) is 0 Å². The summed E-state index contributed by atoms with van der Waals surface area (Å²) in [4.78, 5) is 13.9. The van der Waals surface area contributed by atoms with Crippen LogP contribution in [0.3, 0.4) is 0 Å². The summed E-state index contributed by atoms with van der Waals surface area (Å²) in [6, 6.07) is 3.46. The predicted molar refractivity (Wildman–Crippen MR) is 90.6 cm³/mol. The van der Waals surface area contributed by atoms with Crippen molar-refractivity contribution in [2.75, 3.05) is 24.5 Å². The normalized spacial score (nSPS) is 14.5. The molecule has 122 valence electrons. The van der Waals surface area contributed by atoms with Gasteiger partial charge in [-0.25, -0.2) is 8.42 Å². The number of hydrogen-bond acceptors (Lipinski definition) is 3. The molecule has 1 aliphatic heterocycles. The summed E-state index contributed by atoms with van der Waals surface area (Å²) >= 11 is 3.38. The van der Waals surface area contributed by atoms with E-state index < -0.39 is 10.0 Å². The largest absolute Gasteiger partial charge is 0.312 e. The maximum Gasteiger partial charge on any atom is 0.244 e. The van der Waals surface area contributed by atoms with E-state index in [0.29, 0.717) is 30.5 Å². The molecule has 1 amide bonds. The molecule has 1 heterocycles. The van der Waals surface area contributed by atoms with Crippen LogP contribution < -0.4 is 4.90 Å². The minimum absolute atomic E-state index is 0.0206. The zero-order chi connectivity index (χ0) is 16.5. The first-order chi connectivity index (χ1) is 10.4. The molecule has 0 unspecified atom stereocenters. The van der Waals surface area contributed by atoms with E-state index in [1.54, 1.807) is 11.0 Å². The van der Waals surface area contributed by atoms with Crippen LogP contribution in [0.2, 0.25) is 0 Å². The van der Waals surface area contributed by atoms with Crippen molar-refractivity contribution in [1.29, 1.82) is 0 Å². The lowest BCUT2D eigenvalue weighted by Gasteiger charge is -2.22. The fraction of sp³-hybridized carbons (Fsp3) is 0.533. The Balaban J connectivity index is 2.54. The number of benzene rings is 1. The molecule has 1 aliphatic rings. The summed E-state index contributed by atoms with van der Waals surface area (Å²) in [5.41, 5.74) is 1.73. The standard InChI is InChI=1S/C15H21BrN2O3S/c1-4-15(19)18-8-7-11-9-12(16)14(10-13(11)18)22(20,21)17(5-2)6-3/h9-10H,4-8H2,1-3H3. The van der Waals surface area contributed by atoms with Crippen LogP contribution in [0.5, 0.6) is 0 Å². The highest BCUT2D eigenvalue weighted by Gasteiger charge is 2.30. The highest BCUT2D eigenvalue weighted by molar-refractivity contribution is 9.10. The Morgan fingerprint density at radius 2 is 1.91 bits per heavy atom. The van der Waals surface area contributed by atoms with Gasteiger partial charge < -0.3 is 4.90 Å². The second kappa shape index (κ2) is 6.68. The van der Waals surface area contributed by atoms with Crippen LogP contribution in [0.4, 0.5) is 5.69 Å². The minimum Gasteiger partial charge on any atom is -0.312 e. The van der Waals surface area contributed by atoms with Crippen LogP contribution in [-0.4, -0.2) is 38.3 Å². The molecular weight excluding hydrogens is 368 g/mol. The van der Waals surface area contributed by atoms with Crippen molar-refractivity contribution in [1.82, 2.24) is 4.31 Å². The summed E-state index contributed by atoms with van der Waals surface area (Å²) < 4.78 is 27.5. The number of anilines is 1. The van der Waals surface area contributed by atoms with Crippen molar-refractivity contribution in [2.24, 2.45) is 0 Å². The number of carbonyl (C=O) groups is 1. The molecule has 1 aromatic rings. The molecule has 0 aromatic heterocycles. The van der Waals surface area contributed by atoms with Crippen molar-refractivity contribution >= 4 is 37.5 Å². The average molecular weight is 389 g/mol. The summed E-state index contributed by atoms with van der Waals surface area (Å²) in [7, 11) is -3.56. The summed E-state index contributed by atoms with van der Waals surface area (Å²) in [6.07, 6.45) is 1.17. The first kappa shape index (κ1) is 17.4. The van der Waals surface area contributed by atoms with Gasteiger partial charge >= 0.3 is 0 Å². The third-order valence-corrected chi connectivity index (χ3v) is 6.96. The van der Waals surface area contributed by atoms with Crippen LogP contribution in [0.25, 0.3) is 0 Å². The molecule has 5 nitrogen and oxygen atoms in total. The minimum atomic E-state index is -3.56. The predicted octanol–water partition coefficient (Wildman–Crippen LogP) is 2.78. The van der Waals surface area contributed by atoms with Gasteiger partial charge in [-0.2, -0.15) is 4.31 Å². The number of sulfonamides is 1. The zero-order valence-electron chi connectivity index (χ0n) is 13.1. The van der Waals surface area contributed by atoms with Crippen molar-refractivity contribution in [2.45, 2.75) is 38.5 Å². The van der Waals surface area contributed by atoms with E-state index in [1.165, 1.54) is 4.31 Å². The SMILES string of the molecule is CCC(=O)N1CCc2cc(Br)c(S(=O)(=O)N(CC)CC)cc21. The maximum absolute atomic E-state index is 12.8. The van der Waals surface area contributed by atoms with Crippen LogP contribution in [0, 0.1) is 0 Å². The fourth-order valence-corrected chi connectivity index (χ4v) is 5.27. The van der Waals surface area contributed by atoms with E-state index in [1.807, 2.05) is 26.8 Å². The first-order valence-corrected chi connectivity index (χ1v) is 9.73. The monoisotopic (exact) mass is 388 g/mol. The molecule has 0 radical (unpaired) electrons. The number of halogens is 1. The number of nitrogens with zero attached hydrogens (tertiary/aromatic N) is 2. The molecule has 0 fully saturated rings. The number of rotatable bonds is 5. The second-order valence-corrected chi connectivity index (χ2v) is 7.91. The number of hydrogen-bond donors (Lipinski definition) is 0. The smallest absolute Gasteiger partial charge is 0.244 e. The van der Waals surface area contributed by atoms with E-state index in [2.05, 4.69) is 15.9 Å². The van der Waals surface area contributed by atoms with Gasteiger partial charge in [-0.3, -0.25) is 4.79 Å². The molecule has 0 spiro atoms. The number of carbonyl (C=O) groups excluding carboxylic acids is 1. The third kappa shape index (κ3) is 2.94. The lowest BCUT2D eigenvalue weighted by molar-refractivity contribution is -0.118. The van der Waals surface area contributed by atoms with E-state index in [-0.39, 0.29) is 10.8 Å². The van der Waals surface area contributed by atoms with Crippen molar-refractivity contribution in [3.63, 3.8) is 0 Å². The topological polar surface area (TPSA) is 57.7 Å². The van der Waals surface area contributed by atoms with Crippen molar-refractivity contribution < 1.29 is 13.2 Å². The lowest BCUT2D eigenvalue weighted by Crippen LogP contribution is -2.31. The van der Waals surface area contributed by atoms with Gasteiger partial charge in [-0.05, 0) is 40.0 Å². The van der Waals surface area contributed by atoms with E-state index >= 15 is 0 Å². The van der Waals surface area contributed by atoms with Crippen LogP contribution in [-0.2, 0) is 21.2 Å². The van der Waals surface area contributed by atoms with Gasteiger partial charge in [-0.15, -0.1) is 0 Å². The van der Waals surface area contributed by atoms with Crippen LogP contribution in [0.15, 0.2) is 21.5 Å². The Hall–Kier alpha value is -0.920. The molecule has 0 saturated carbocycles. The fourth-order valence-electron chi connectivity index (χ4n) is 2.74. The van der Waals surface area contributed by atoms with Gasteiger partial charge in [0, 0.05) is 36.2 Å². The van der Waals surface area contributed by atoms with E-state index in [9.17, 15) is 13.2 Å². The van der Waals surface area contributed by atoms with Gasteiger partial charge in [0.05, 0.1) is 4.90 Å². The van der Waals surface area contributed by atoms with E-state index in [0.717, 1.165) is 17.7 Å². The van der Waals surface area contributed by atoms with Gasteiger partial charge in [0.1, 0.15) is 0 Å². The van der Waals surface area contributed by atoms with Crippen molar-refractivity contribution in [3.8, 4) is 0 Å². The van der Waals surface area contributed by atoms with Gasteiger partial charge in [-0.1, -0.05) is 20.8 Å². The Morgan fingerprint density at radius 3 is 2.45 bits per heavy atom.